The van der Waals surface area contributed by atoms with Gasteiger partial charge in [0.15, 0.2) is 5.78 Å². The number of carbonyl (C=O) groups is 5. The molecule has 11 heteroatoms. The van der Waals surface area contributed by atoms with Gasteiger partial charge in [0, 0.05) is 6.54 Å². The number of ketones is 1. The molecule has 55 heavy (non-hydrogen) atoms. The first-order valence-electron chi connectivity index (χ1n) is 19.5. The molecular weight excluding hydrogens is 709 g/mol. The van der Waals surface area contributed by atoms with E-state index in [1.165, 1.54) is 4.90 Å². The Labute approximate surface area is 326 Å². The van der Waals surface area contributed by atoms with Crippen molar-refractivity contribution in [1.82, 2.24) is 20.9 Å². The molecule has 3 aromatic rings. The first-order valence-corrected chi connectivity index (χ1v) is 21.4. The second-order valence-corrected chi connectivity index (χ2v) is 20.2. The van der Waals surface area contributed by atoms with E-state index in [0.717, 1.165) is 10.4 Å². The zero-order chi connectivity index (χ0) is 39.8. The lowest BCUT2D eigenvalue weighted by atomic mass is 9.94. The van der Waals surface area contributed by atoms with Crippen molar-refractivity contribution in [2.24, 2.45) is 0 Å². The van der Waals surface area contributed by atoms with Crippen LogP contribution >= 0.6 is 0 Å². The smallest absolute Gasteiger partial charge is 0.262 e. The monoisotopic (exact) mass is 764 g/mol. The van der Waals surface area contributed by atoms with Crippen LogP contribution in [-0.4, -0.2) is 72.9 Å². The van der Waals surface area contributed by atoms with Gasteiger partial charge in [0.2, 0.25) is 23.6 Å². The van der Waals surface area contributed by atoms with Crippen molar-refractivity contribution < 1.29 is 28.4 Å². The van der Waals surface area contributed by atoms with E-state index in [-0.39, 0.29) is 29.6 Å². The summed E-state index contributed by atoms with van der Waals surface area (Å²) in [5, 5.41) is 10.6. The Balaban J connectivity index is 1.29. The van der Waals surface area contributed by atoms with E-state index < -0.39 is 55.8 Å². The summed E-state index contributed by atoms with van der Waals surface area (Å²) in [6, 6.07) is 26.6. The fraction of sp³-hybridized carbons (Fsp3) is 0.432. The normalized spacial score (nSPS) is 23.2. The largest absolute Gasteiger partial charge is 0.397 e. The molecule has 0 radical (unpaired) electrons. The van der Waals surface area contributed by atoms with Gasteiger partial charge >= 0.3 is 0 Å². The molecule has 0 aliphatic carbocycles. The Bertz CT molecular complexity index is 1810. The van der Waals surface area contributed by atoms with Crippen molar-refractivity contribution in [3.63, 3.8) is 0 Å². The highest BCUT2D eigenvalue weighted by Gasteiger charge is 2.51. The molecule has 2 fully saturated rings. The highest BCUT2D eigenvalue weighted by Crippen LogP contribution is 2.37. The van der Waals surface area contributed by atoms with Crippen molar-refractivity contribution in [1.29, 1.82) is 0 Å². The van der Waals surface area contributed by atoms with Gasteiger partial charge in [-0.2, -0.15) is 0 Å². The molecule has 3 aromatic carbocycles. The van der Waals surface area contributed by atoms with Crippen molar-refractivity contribution in [3.8, 4) is 0 Å². The topological polar surface area (TPSA) is 134 Å². The number of amides is 4. The summed E-state index contributed by atoms with van der Waals surface area (Å²) in [6.45, 7) is 12.1. The van der Waals surface area contributed by atoms with E-state index in [1.54, 1.807) is 57.2 Å². The molecule has 2 saturated heterocycles. The standard InChI is InChI=1S/C44H56N4O6Si/c1-7-44(6)42(53)46-38(32-21-12-8-13-22-32)41(52)48-30-20-28-36(48)40(51)45-35(39(50)47-44)27-18-11-19-29-37(49)31(2)54-55(43(3,4)5,33-23-14-9-15-24-33)34-25-16-10-17-26-34/h8-10,12-17,19,21-26,29,31,35-36,38H,7,11,18,20,27-28,30H2,1-6H3,(H,45,51)(H,46,53)(H,47,50)/b29-19+/t31-,35-,36+,38-,44-/m0/s1. The second kappa shape index (κ2) is 17.7. The molecular formula is C44H56N4O6Si. The SMILES string of the molecule is CC[C@]1(C)NC(=O)[C@H](CCC/C=C/C(=O)[C@H](C)O[Si](c2ccccc2)(c2ccccc2)C(C)(C)C)NC(=O)[C@H]2CCCN2C(=O)[C@H](c2ccccc2)NC1=O. The maximum atomic E-state index is 14.0. The number of carbonyl (C=O) groups excluding carboxylic acids is 5. The van der Waals surface area contributed by atoms with Gasteiger partial charge < -0.3 is 25.3 Å². The first-order chi connectivity index (χ1) is 26.2. The fourth-order valence-corrected chi connectivity index (χ4v) is 12.3. The maximum absolute atomic E-state index is 14.0. The van der Waals surface area contributed by atoms with Gasteiger partial charge in [0.1, 0.15) is 29.8 Å². The summed E-state index contributed by atoms with van der Waals surface area (Å²) in [5.41, 5.74) is -0.744. The molecule has 2 heterocycles. The van der Waals surface area contributed by atoms with Crippen LogP contribution in [0.15, 0.2) is 103 Å². The van der Waals surface area contributed by atoms with Crippen LogP contribution in [0.5, 0.6) is 0 Å². The van der Waals surface area contributed by atoms with Crippen LogP contribution in [0.1, 0.15) is 91.7 Å². The second-order valence-electron chi connectivity index (χ2n) is 15.9. The molecule has 4 amide bonds. The Morgan fingerprint density at radius 2 is 1.49 bits per heavy atom. The van der Waals surface area contributed by atoms with Crippen LogP contribution in [0.4, 0.5) is 0 Å². The van der Waals surface area contributed by atoms with Crippen LogP contribution in [0.3, 0.4) is 0 Å². The summed E-state index contributed by atoms with van der Waals surface area (Å²) in [7, 11) is -2.94. The molecule has 2 aliphatic heterocycles. The fourth-order valence-electron chi connectivity index (χ4n) is 7.68. The number of nitrogens with zero attached hydrogens (tertiary/aromatic N) is 1. The Kier molecular flexibility index (Phi) is 13.3. The van der Waals surface area contributed by atoms with E-state index in [0.29, 0.717) is 37.8 Å². The average Bonchev–Trinajstić information content (AvgIpc) is 3.68. The summed E-state index contributed by atoms with van der Waals surface area (Å²) < 4.78 is 6.97. The summed E-state index contributed by atoms with van der Waals surface area (Å²) in [4.78, 5) is 70.5. The molecule has 0 saturated carbocycles. The lowest BCUT2D eigenvalue weighted by Gasteiger charge is -2.44. The van der Waals surface area contributed by atoms with Gasteiger partial charge in [-0.15, -0.1) is 0 Å². The molecule has 5 atom stereocenters. The molecule has 3 N–H and O–H groups in total. The summed E-state index contributed by atoms with van der Waals surface area (Å²) in [5.74, 6) is -1.88. The predicted molar refractivity (Wildman–Crippen MR) is 217 cm³/mol. The lowest BCUT2D eigenvalue weighted by molar-refractivity contribution is -0.145. The first kappa shape index (κ1) is 41.3. The lowest BCUT2D eigenvalue weighted by Crippen LogP contribution is -2.68. The number of benzene rings is 3. The highest BCUT2D eigenvalue weighted by atomic mass is 28.4. The third-order valence-corrected chi connectivity index (χ3v) is 16.2. The van der Waals surface area contributed by atoms with Crippen LogP contribution in [0.2, 0.25) is 5.04 Å². The van der Waals surface area contributed by atoms with Crippen molar-refractivity contribution >= 4 is 48.1 Å². The predicted octanol–water partition coefficient (Wildman–Crippen LogP) is 4.88. The number of fused-ring (bicyclic) bond motifs is 1. The Hall–Kier alpha value is -4.87. The maximum Gasteiger partial charge on any atom is 0.262 e. The molecule has 2 aliphatic rings. The van der Waals surface area contributed by atoms with Crippen molar-refractivity contribution in [2.75, 3.05) is 6.54 Å². The van der Waals surface area contributed by atoms with Crippen LogP contribution < -0.4 is 26.3 Å². The van der Waals surface area contributed by atoms with Gasteiger partial charge in [0.25, 0.3) is 8.32 Å². The van der Waals surface area contributed by atoms with E-state index >= 15 is 0 Å². The number of hydrogen-bond donors (Lipinski definition) is 3. The van der Waals surface area contributed by atoms with Crippen LogP contribution in [-0.2, 0) is 28.4 Å². The zero-order valence-electron chi connectivity index (χ0n) is 33.0. The van der Waals surface area contributed by atoms with Crippen molar-refractivity contribution in [2.45, 2.75) is 115 Å². The number of rotatable bonds is 12. The van der Waals surface area contributed by atoms with Gasteiger partial charge in [-0.05, 0) is 79.4 Å². The third-order valence-electron chi connectivity index (χ3n) is 11.1. The highest BCUT2D eigenvalue weighted by molar-refractivity contribution is 6.99. The number of allylic oxidation sites excluding steroid dienone is 1. The number of unbranched alkanes of at least 4 members (excludes halogenated alkanes) is 1. The minimum atomic E-state index is -2.94. The van der Waals surface area contributed by atoms with E-state index in [4.69, 9.17) is 4.43 Å². The summed E-state index contributed by atoms with van der Waals surface area (Å²) >= 11 is 0. The van der Waals surface area contributed by atoms with Gasteiger partial charge in [-0.1, -0.05) is 125 Å². The molecule has 0 spiro atoms. The molecule has 0 aromatic heterocycles. The van der Waals surface area contributed by atoms with Crippen LogP contribution in [0, 0.1) is 0 Å². The van der Waals surface area contributed by atoms with Crippen molar-refractivity contribution in [3.05, 3.63) is 109 Å². The molecule has 0 bridgehead atoms. The molecule has 0 unspecified atom stereocenters. The minimum absolute atomic E-state index is 0.158. The molecule has 10 nitrogen and oxygen atoms in total. The number of hydrogen-bond acceptors (Lipinski definition) is 6. The quantitative estimate of drug-likeness (QED) is 0.137. The summed E-state index contributed by atoms with van der Waals surface area (Å²) in [6.07, 6.45) is 5.16. The Morgan fingerprint density at radius 3 is 2.05 bits per heavy atom. The average molecular weight is 765 g/mol. The third kappa shape index (κ3) is 9.16. The molecule has 292 valence electrons. The zero-order valence-corrected chi connectivity index (χ0v) is 34.0. The van der Waals surface area contributed by atoms with Crippen LogP contribution in [0.25, 0.3) is 0 Å². The molecule has 5 rings (SSSR count). The van der Waals surface area contributed by atoms with E-state index in [9.17, 15) is 24.0 Å². The van der Waals surface area contributed by atoms with E-state index in [2.05, 4.69) is 61.0 Å². The van der Waals surface area contributed by atoms with E-state index in [1.807, 2.05) is 42.5 Å². The number of nitrogens with one attached hydrogen (secondary N) is 3. The minimum Gasteiger partial charge on any atom is -0.397 e. The Morgan fingerprint density at radius 1 is 0.909 bits per heavy atom. The van der Waals surface area contributed by atoms with Gasteiger partial charge in [0.05, 0.1) is 0 Å². The van der Waals surface area contributed by atoms with Gasteiger partial charge in [-0.25, -0.2) is 0 Å². The van der Waals surface area contributed by atoms with Gasteiger partial charge in [-0.3, -0.25) is 24.0 Å².